The summed E-state index contributed by atoms with van der Waals surface area (Å²) >= 11 is 10.3. The lowest BCUT2D eigenvalue weighted by Gasteiger charge is -2.17. The van der Waals surface area contributed by atoms with Gasteiger partial charge < -0.3 is 4.90 Å². The molecule has 0 aromatic heterocycles. The molecule has 0 bridgehead atoms. The van der Waals surface area contributed by atoms with Crippen LogP contribution >= 0.6 is 39.9 Å². The highest BCUT2D eigenvalue weighted by molar-refractivity contribution is 9.10. The van der Waals surface area contributed by atoms with Gasteiger partial charge in [-0.3, -0.25) is 14.5 Å². The molecule has 7 heteroatoms. The number of thiocarbonyl (C=S) groups is 1. The van der Waals surface area contributed by atoms with Crippen LogP contribution in [0.5, 0.6) is 0 Å². The van der Waals surface area contributed by atoms with E-state index in [0.717, 1.165) is 60.7 Å². The zero-order chi connectivity index (χ0) is 21.0. The zero-order valence-electron chi connectivity index (χ0n) is 17.0. The molecule has 2 amide bonds. The molecule has 0 spiro atoms. The van der Waals surface area contributed by atoms with Crippen molar-refractivity contribution in [2.45, 2.75) is 58.8 Å². The molecule has 1 fully saturated rings. The SMILES string of the molecule is CCCCCCN1C(=O)/C(=C2/C(=O)N(CCCCC)c3ccc(Br)cc32)SC1=S. The Labute approximate surface area is 191 Å². The maximum Gasteiger partial charge on any atom is 0.267 e. The maximum absolute atomic E-state index is 13.3. The first-order chi connectivity index (χ1) is 14.0. The number of thioether (sulfide) groups is 1. The largest absolute Gasteiger partial charge is 0.308 e. The zero-order valence-corrected chi connectivity index (χ0v) is 20.2. The van der Waals surface area contributed by atoms with Crippen LogP contribution in [-0.2, 0) is 9.59 Å². The number of halogens is 1. The second-order valence-electron chi connectivity index (χ2n) is 7.41. The molecule has 0 saturated carbocycles. The van der Waals surface area contributed by atoms with Gasteiger partial charge in [0.2, 0.25) is 0 Å². The van der Waals surface area contributed by atoms with E-state index in [4.69, 9.17) is 12.2 Å². The van der Waals surface area contributed by atoms with Gasteiger partial charge in [0.05, 0.1) is 16.2 Å². The van der Waals surface area contributed by atoms with E-state index in [1.54, 1.807) is 4.90 Å². The van der Waals surface area contributed by atoms with Crippen LogP contribution in [0.3, 0.4) is 0 Å². The number of hydrogen-bond donors (Lipinski definition) is 0. The van der Waals surface area contributed by atoms with E-state index in [1.807, 2.05) is 23.1 Å². The lowest BCUT2D eigenvalue weighted by atomic mass is 10.1. The van der Waals surface area contributed by atoms with Gasteiger partial charge in [0.15, 0.2) is 0 Å². The summed E-state index contributed by atoms with van der Waals surface area (Å²) in [6, 6.07) is 5.85. The minimum absolute atomic E-state index is 0.0827. The third kappa shape index (κ3) is 4.78. The number of carbonyl (C=O) groups is 2. The van der Waals surface area contributed by atoms with Gasteiger partial charge in [-0.2, -0.15) is 0 Å². The van der Waals surface area contributed by atoms with Crippen LogP contribution in [0, 0.1) is 0 Å². The molecule has 156 valence electrons. The number of anilines is 1. The predicted molar refractivity (Wildman–Crippen MR) is 129 cm³/mol. The normalized spacial score (nSPS) is 18.9. The Balaban J connectivity index is 1.91. The minimum Gasteiger partial charge on any atom is -0.308 e. The van der Waals surface area contributed by atoms with Crippen molar-refractivity contribution in [2.24, 2.45) is 0 Å². The summed E-state index contributed by atoms with van der Waals surface area (Å²) in [4.78, 5) is 30.5. The van der Waals surface area contributed by atoms with Gasteiger partial charge >= 0.3 is 0 Å². The number of amides is 2. The fourth-order valence-electron chi connectivity index (χ4n) is 3.70. The van der Waals surface area contributed by atoms with Crippen LogP contribution in [0.4, 0.5) is 5.69 Å². The molecule has 1 aromatic rings. The van der Waals surface area contributed by atoms with E-state index >= 15 is 0 Å². The van der Waals surface area contributed by atoms with Crippen LogP contribution in [0.2, 0.25) is 0 Å². The highest BCUT2D eigenvalue weighted by Crippen LogP contribution is 2.45. The number of carbonyl (C=O) groups excluding carboxylic acids is 2. The molecule has 0 aliphatic carbocycles. The summed E-state index contributed by atoms with van der Waals surface area (Å²) in [5.41, 5.74) is 2.22. The molecule has 4 nitrogen and oxygen atoms in total. The Morgan fingerprint density at radius 2 is 1.59 bits per heavy atom. The minimum atomic E-state index is -0.124. The van der Waals surface area contributed by atoms with Crippen molar-refractivity contribution >= 4 is 67.3 Å². The van der Waals surface area contributed by atoms with Crippen molar-refractivity contribution in [3.05, 3.63) is 33.1 Å². The quantitative estimate of drug-likeness (QED) is 0.235. The van der Waals surface area contributed by atoms with Crippen molar-refractivity contribution in [3.8, 4) is 0 Å². The fraction of sp³-hybridized carbons (Fsp3) is 0.500. The van der Waals surface area contributed by atoms with E-state index in [9.17, 15) is 9.59 Å². The summed E-state index contributed by atoms with van der Waals surface area (Å²) in [5, 5.41) is 0. The molecule has 3 rings (SSSR count). The van der Waals surface area contributed by atoms with Gasteiger partial charge in [-0.1, -0.05) is 85.9 Å². The van der Waals surface area contributed by atoms with Crippen molar-refractivity contribution in [1.29, 1.82) is 0 Å². The van der Waals surface area contributed by atoms with Crippen molar-refractivity contribution in [2.75, 3.05) is 18.0 Å². The third-order valence-corrected chi connectivity index (χ3v) is 7.22. The smallest absolute Gasteiger partial charge is 0.267 e. The first-order valence-corrected chi connectivity index (χ1v) is 12.4. The monoisotopic (exact) mass is 494 g/mol. The van der Waals surface area contributed by atoms with Gasteiger partial charge in [-0.05, 0) is 31.0 Å². The van der Waals surface area contributed by atoms with Crippen molar-refractivity contribution in [1.82, 2.24) is 4.90 Å². The summed E-state index contributed by atoms with van der Waals surface area (Å²) in [5.74, 6) is -0.207. The van der Waals surface area contributed by atoms with E-state index in [1.165, 1.54) is 11.8 Å². The van der Waals surface area contributed by atoms with E-state index in [0.29, 0.717) is 27.9 Å². The Kier molecular flexibility index (Phi) is 7.93. The van der Waals surface area contributed by atoms with Crippen LogP contribution < -0.4 is 4.90 Å². The maximum atomic E-state index is 13.3. The molecule has 1 saturated heterocycles. The second-order valence-corrected chi connectivity index (χ2v) is 9.97. The van der Waals surface area contributed by atoms with Crippen LogP contribution in [0.15, 0.2) is 27.6 Å². The summed E-state index contributed by atoms with van der Waals surface area (Å²) < 4.78 is 1.45. The number of hydrogen-bond acceptors (Lipinski definition) is 4. The summed E-state index contributed by atoms with van der Waals surface area (Å²) in [7, 11) is 0. The molecular weight excluding hydrogens is 468 g/mol. The average molecular weight is 496 g/mol. The molecule has 0 atom stereocenters. The van der Waals surface area contributed by atoms with Gasteiger partial charge in [0.1, 0.15) is 4.32 Å². The number of unbranched alkanes of at least 4 members (excludes halogenated alkanes) is 5. The lowest BCUT2D eigenvalue weighted by molar-refractivity contribution is -0.122. The van der Waals surface area contributed by atoms with Gasteiger partial charge in [-0.25, -0.2) is 0 Å². The van der Waals surface area contributed by atoms with E-state index in [-0.39, 0.29) is 11.8 Å². The van der Waals surface area contributed by atoms with Gasteiger partial charge in [-0.15, -0.1) is 0 Å². The van der Waals surface area contributed by atoms with Crippen LogP contribution in [-0.4, -0.2) is 34.1 Å². The molecule has 0 N–H and O–H groups in total. The first-order valence-electron chi connectivity index (χ1n) is 10.4. The Hall–Kier alpha value is -1.18. The lowest BCUT2D eigenvalue weighted by Crippen LogP contribution is -2.30. The van der Waals surface area contributed by atoms with E-state index < -0.39 is 0 Å². The molecule has 0 radical (unpaired) electrons. The first kappa shape index (κ1) is 22.5. The molecular formula is C22H27BrN2O2S2. The third-order valence-electron chi connectivity index (χ3n) is 5.27. The van der Waals surface area contributed by atoms with Gasteiger partial charge in [0.25, 0.3) is 11.8 Å². The Morgan fingerprint density at radius 3 is 2.31 bits per heavy atom. The second kappa shape index (κ2) is 10.2. The number of rotatable bonds is 9. The topological polar surface area (TPSA) is 40.6 Å². The predicted octanol–water partition coefficient (Wildman–Crippen LogP) is 6.14. The summed E-state index contributed by atoms with van der Waals surface area (Å²) in [6.07, 6.45) is 7.44. The highest BCUT2D eigenvalue weighted by atomic mass is 79.9. The highest BCUT2D eigenvalue weighted by Gasteiger charge is 2.41. The Morgan fingerprint density at radius 1 is 0.931 bits per heavy atom. The van der Waals surface area contributed by atoms with Crippen molar-refractivity contribution in [3.63, 3.8) is 0 Å². The fourth-order valence-corrected chi connectivity index (χ4v) is 5.44. The van der Waals surface area contributed by atoms with Crippen molar-refractivity contribution < 1.29 is 9.59 Å². The number of nitrogens with zero attached hydrogens (tertiary/aromatic N) is 2. The van der Waals surface area contributed by atoms with Crippen LogP contribution in [0.25, 0.3) is 5.57 Å². The average Bonchev–Trinajstić information content (AvgIpc) is 3.12. The molecule has 1 aromatic carbocycles. The van der Waals surface area contributed by atoms with E-state index in [2.05, 4.69) is 29.8 Å². The summed E-state index contributed by atoms with van der Waals surface area (Å²) in [6.45, 7) is 5.61. The Bertz CT molecular complexity index is 853. The molecule has 2 aliphatic rings. The van der Waals surface area contributed by atoms with Crippen LogP contribution in [0.1, 0.15) is 64.4 Å². The molecule has 2 aliphatic heterocycles. The van der Waals surface area contributed by atoms with Gasteiger partial charge in [0, 0.05) is 23.1 Å². The molecule has 2 heterocycles. The molecule has 29 heavy (non-hydrogen) atoms. The molecule has 0 unspecified atom stereocenters. The standard InChI is InChI=1S/C22H27BrN2O2S2/c1-3-5-7-9-13-25-21(27)19(29-22(25)28)18-16-14-15(23)10-11-17(16)24(20(18)26)12-8-6-4-2/h10-11,14H,3-9,12-13H2,1-2H3/b19-18-. The number of fused-ring (bicyclic) bond motifs is 1. The number of benzene rings is 1.